The number of aliphatic imine (C=N–C) groups is 1. The highest BCUT2D eigenvalue weighted by atomic mass is 16.4. The second-order valence-corrected chi connectivity index (χ2v) is 8.62. The Kier molecular flexibility index (Phi) is 13.0. The molecule has 4 atom stereocenters. The zero-order chi connectivity index (χ0) is 28.8. The Hall–Kier alpha value is -4.40. The van der Waals surface area contributed by atoms with E-state index in [0.717, 1.165) is 0 Å². The van der Waals surface area contributed by atoms with Crippen molar-refractivity contribution < 1.29 is 34.2 Å². The minimum atomic E-state index is -1.31. The normalized spacial score (nSPS) is 13.7. The van der Waals surface area contributed by atoms with Crippen LogP contribution in [0.4, 0.5) is 0 Å². The number of guanidine groups is 1. The number of rotatable bonds is 16. The van der Waals surface area contributed by atoms with Crippen LogP contribution in [0.3, 0.4) is 0 Å². The van der Waals surface area contributed by atoms with Crippen LogP contribution in [0.25, 0.3) is 0 Å². The van der Waals surface area contributed by atoms with Gasteiger partial charge in [0, 0.05) is 13.0 Å². The van der Waals surface area contributed by atoms with Gasteiger partial charge in [0.15, 0.2) is 5.96 Å². The van der Waals surface area contributed by atoms with Crippen LogP contribution >= 0.6 is 0 Å². The summed E-state index contributed by atoms with van der Waals surface area (Å²) in [5.41, 5.74) is 22.2. The first-order valence-electron chi connectivity index (χ1n) is 11.8. The van der Waals surface area contributed by atoms with Gasteiger partial charge >= 0.3 is 5.97 Å². The van der Waals surface area contributed by atoms with Gasteiger partial charge in [-0.1, -0.05) is 12.1 Å². The number of nitrogens with one attached hydrogen (secondary N) is 3. The molecule has 4 amide bonds. The van der Waals surface area contributed by atoms with Gasteiger partial charge in [0.1, 0.15) is 23.9 Å². The molecule has 0 saturated heterocycles. The van der Waals surface area contributed by atoms with E-state index in [4.69, 9.17) is 22.9 Å². The first kappa shape index (κ1) is 31.6. The number of phenolic OH excluding ortho intramolecular Hbond substituents is 1. The molecule has 1 rings (SSSR count). The van der Waals surface area contributed by atoms with E-state index in [2.05, 4.69) is 20.9 Å². The molecule has 0 fully saturated rings. The summed E-state index contributed by atoms with van der Waals surface area (Å²) in [7, 11) is 0. The zero-order valence-electron chi connectivity index (χ0n) is 21.1. The highest BCUT2D eigenvalue weighted by Crippen LogP contribution is 2.11. The summed E-state index contributed by atoms with van der Waals surface area (Å²) in [5, 5.41) is 26.0. The smallest absolute Gasteiger partial charge is 0.326 e. The third kappa shape index (κ3) is 12.0. The van der Waals surface area contributed by atoms with Gasteiger partial charge in [0.25, 0.3) is 0 Å². The molecule has 1 aromatic carbocycles. The van der Waals surface area contributed by atoms with E-state index in [1.54, 1.807) is 12.1 Å². The van der Waals surface area contributed by atoms with Crippen molar-refractivity contribution in [2.24, 2.45) is 27.9 Å². The van der Waals surface area contributed by atoms with Gasteiger partial charge in [0.05, 0.1) is 6.04 Å². The number of primary amides is 1. The van der Waals surface area contributed by atoms with Gasteiger partial charge in [-0.2, -0.15) is 0 Å². The second kappa shape index (κ2) is 15.7. The lowest BCUT2D eigenvalue weighted by molar-refractivity contribution is -0.142. The molecular weight excluding hydrogens is 500 g/mol. The molecule has 4 unspecified atom stereocenters. The van der Waals surface area contributed by atoms with Crippen LogP contribution < -0.4 is 38.9 Å². The zero-order valence-corrected chi connectivity index (χ0v) is 21.1. The van der Waals surface area contributed by atoms with Gasteiger partial charge in [-0.05, 0) is 50.3 Å². The summed E-state index contributed by atoms with van der Waals surface area (Å²) in [6.45, 7) is 1.52. The number of nitrogens with two attached hydrogens (primary N) is 4. The van der Waals surface area contributed by atoms with Crippen LogP contribution in [0.15, 0.2) is 29.3 Å². The maximum Gasteiger partial charge on any atom is 0.326 e. The SMILES string of the molecule is CC(NC(=O)C(N)Cc1ccc(O)cc1)C(=O)NC(CCC(N)=O)C(=O)NC(CCCN=C(N)N)C(=O)O. The molecule has 15 heteroatoms. The van der Waals surface area contributed by atoms with Gasteiger partial charge in [-0.15, -0.1) is 0 Å². The maximum absolute atomic E-state index is 12.8. The first-order valence-corrected chi connectivity index (χ1v) is 11.8. The lowest BCUT2D eigenvalue weighted by Crippen LogP contribution is -2.56. The molecule has 0 saturated carbocycles. The largest absolute Gasteiger partial charge is 0.508 e. The molecule has 38 heavy (non-hydrogen) atoms. The quantitative estimate of drug-likeness (QED) is 0.0591. The third-order valence-corrected chi connectivity index (χ3v) is 5.35. The number of carbonyl (C=O) groups is 5. The predicted octanol–water partition coefficient (Wildman–Crippen LogP) is -2.86. The van der Waals surface area contributed by atoms with Crippen molar-refractivity contribution in [3.8, 4) is 5.75 Å². The number of hydrogen-bond donors (Lipinski definition) is 9. The molecule has 210 valence electrons. The van der Waals surface area contributed by atoms with Crippen molar-refractivity contribution in [1.29, 1.82) is 0 Å². The van der Waals surface area contributed by atoms with E-state index in [0.29, 0.717) is 5.56 Å². The lowest BCUT2D eigenvalue weighted by atomic mass is 10.1. The summed E-state index contributed by atoms with van der Waals surface area (Å²) in [6, 6.07) is 1.38. The van der Waals surface area contributed by atoms with Crippen molar-refractivity contribution in [2.75, 3.05) is 6.54 Å². The Balaban J connectivity index is 2.78. The molecule has 15 nitrogen and oxygen atoms in total. The number of benzene rings is 1. The van der Waals surface area contributed by atoms with Crippen LogP contribution in [-0.4, -0.2) is 76.5 Å². The second-order valence-electron chi connectivity index (χ2n) is 8.62. The van der Waals surface area contributed by atoms with Crippen molar-refractivity contribution in [3.63, 3.8) is 0 Å². The molecule has 0 heterocycles. The van der Waals surface area contributed by atoms with Crippen molar-refractivity contribution >= 4 is 35.6 Å². The Morgan fingerprint density at radius 1 is 0.895 bits per heavy atom. The number of carboxylic acids is 1. The third-order valence-electron chi connectivity index (χ3n) is 5.35. The molecule has 0 aliphatic carbocycles. The fraction of sp³-hybridized carbons (Fsp3) is 0.478. The van der Waals surface area contributed by atoms with E-state index in [9.17, 15) is 34.2 Å². The summed E-state index contributed by atoms with van der Waals surface area (Å²) in [6.07, 6.45) is -0.0718. The van der Waals surface area contributed by atoms with Crippen molar-refractivity contribution in [2.45, 2.75) is 63.2 Å². The van der Waals surface area contributed by atoms with Crippen LogP contribution in [0.2, 0.25) is 0 Å². The molecule has 0 aliphatic heterocycles. The summed E-state index contributed by atoms with van der Waals surface area (Å²) in [5.74, 6) is -4.39. The van der Waals surface area contributed by atoms with Crippen LogP contribution in [0.1, 0.15) is 38.2 Å². The van der Waals surface area contributed by atoms with E-state index < -0.39 is 53.8 Å². The number of amides is 4. The van der Waals surface area contributed by atoms with Crippen molar-refractivity contribution in [3.05, 3.63) is 29.8 Å². The Morgan fingerprint density at radius 3 is 2.05 bits per heavy atom. The first-order chi connectivity index (χ1) is 17.8. The Morgan fingerprint density at radius 2 is 1.50 bits per heavy atom. The van der Waals surface area contributed by atoms with Gasteiger partial charge in [-0.25, -0.2) is 4.79 Å². The number of aliphatic carboxylic acids is 1. The maximum atomic E-state index is 12.8. The van der Waals surface area contributed by atoms with E-state index in [-0.39, 0.29) is 50.4 Å². The molecule has 0 bridgehead atoms. The molecule has 0 spiro atoms. The number of carbonyl (C=O) groups excluding carboxylic acids is 4. The number of phenols is 1. The minimum absolute atomic E-state index is 0.000279. The van der Waals surface area contributed by atoms with Crippen LogP contribution in [-0.2, 0) is 30.4 Å². The van der Waals surface area contributed by atoms with Gasteiger partial charge in [0.2, 0.25) is 23.6 Å². The molecule has 0 aromatic heterocycles. The van der Waals surface area contributed by atoms with E-state index in [1.165, 1.54) is 19.1 Å². The average molecular weight is 537 g/mol. The number of hydrogen-bond acceptors (Lipinski definition) is 8. The fourth-order valence-corrected chi connectivity index (χ4v) is 3.25. The van der Waals surface area contributed by atoms with Gasteiger partial charge in [-0.3, -0.25) is 24.2 Å². The molecule has 0 radical (unpaired) electrons. The molecule has 13 N–H and O–H groups in total. The monoisotopic (exact) mass is 536 g/mol. The fourth-order valence-electron chi connectivity index (χ4n) is 3.25. The standard InChI is InChI=1S/C23H36N8O7/c1-12(29-20(35)15(24)11-13-4-6-14(32)7-5-13)19(34)30-16(8-9-18(25)33)21(36)31-17(22(37)38)3-2-10-28-23(26)27/h4-7,12,15-17,32H,2-3,8-11,24H2,1H3,(H2,25,33)(H,29,35)(H,30,34)(H,31,36)(H,37,38)(H4,26,27,28). The predicted molar refractivity (Wildman–Crippen MR) is 137 cm³/mol. The van der Waals surface area contributed by atoms with Crippen molar-refractivity contribution in [1.82, 2.24) is 16.0 Å². The van der Waals surface area contributed by atoms with E-state index in [1.807, 2.05) is 0 Å². The molecule has 0 aliphatic rings. The molecule has 1 aromatic rings. The van der Waals surface area contributed by atoms with Crippen LogP contribution in [0, 0.1) is 0 Å². The summed E-state index contributed by atoms with van der Waals surface area (Å²) < 4.78 is 0. The lowest BCUT2D eigenvalue weighted by Gasteiger charge is -2.23. The summed E-state index contributed by atoms with van der Waals surface area (Å²) >= 11 is 0. The molecular formula is C23H36N8O7. The average Bonchev–Trinajstić information content (AvgIpc) is 2.84. The Labute approximate surface area is 219 Å². The summed E-state index contributed by atoms with van der Waals surface area (Å²) in [4.78, 5) is 64.5. The number of aromatic hydroxyl groups is 1. The topological polar surface area (TPSA) is 278 Å². The van der Waals surface area contributed by atoms with Crippen LogP contribution in [0.5, 0.6) is 5.75 Å². The Bertz CT molecular complexity index is 1010. The minimum Gasteiger partial charge on any atom is -0.508 e. The highest BCUT2D eigenvalue weighted by molar-refractivity contribution is 5.94. The number of nitrogens with zero attached hydrogens (tertiary/aromatic N) is 1. The van der Waals surface area contributed by atoms with Gasteiger partial charge < -0.3 is 49.1 Å². The number of carboxylic acid groups (broad SMARTS) is 1. The highest BCUT2D eigenvalue weighted by Gasteiger charge is 2.29. The van der Waals surface area contributed by atoms with E-state index >= 15 is 0 Å².